The molecule has 96 valence electrons. The van der Waals surface area contributed by atoms with E-state index in [4.69, 9.17) is 0 Å². The maximum atomic E-state index is 12.3. The summed E-state index contributed by atoms with van der Waals surface area (Å²) in [6.07, 6.45) is 2.72. The fourth-order valence-corrected chi connectivity index (χ4v) is 2.32. The lowest BCUT2D eigenvalue weighted by atomic mass is 9.93. The van der Waals surface area contributed by atoms with E-state index < -0.39 is 0 Å². The van der Waals surface area contributed by atoms with Crippen molar-refractivity contribution in [3.8, 4) is 0 Å². The molecule has 1 aliphatic rings. The largest absolute Gasteiger partial charge is 0.337 e. The number of ketones is 1. The Morgan fingerprint density at radius 2 is 2.00 bits per heavy atom. The van der Waals surface area contributed by atoms with Gasteiger partial charge in [-0.25, -0.2) is 4.98 Å². The molecule has 4 nitrogen and oxygen atoms in total. The van der Waals surface area contributed by atoms with E-state index in [1.54, 1.807) is 18.0 Å². The van der Waals surface area contributed by atoms with Gasteiger partial charge < -0.3 is 4.90 Å². The van der Waals surface area contributed by atoms with Crippen LogP contribution in [0.3, 0.4) is 0 Å². The van der Waals surface area contributed by atoms with Gasteiger partial charge in [0.25, 0.3) is 5.91 Å². The Bertz CT molecular complexity index is 461. The van der Waals surface area contributed by atoms with Gasteiger partial charge in [0.05, 0.1) is 0 Å². The normalized spacial score (nSPS) is 16.7. The van der Waals surface area contributed by atoms with Gasteiger partial charge in [0.1, 0.15) is 11.5 Å². The van der Waals surface area contributed by atoms with Crippen molar-refractivity contribution in [1.29, 1.82) is 0 Å². The van der Waals surface area contributed by atoms with Crippen LogP contribution < -0.4 is 0 Å². The molecule has 1 aliphatic carbocycles. The molecule has 0 aliphatic heterocycles. The van der Waals surface area contributed by atoms with E-state index in [2.05, 4.69) is 4.98 Å². The van der Waals surface area contributed by atoms with Crippen LogP contribution in [0.2, 0.25) is 0 Å². The average Bonchev–Trinajstić information content (AvgIpc) is 2.38. The molecule has 1 aromatic rings. The van der Waals surface area contributed by atoms with Crippen molar-refractivity contribution < 1.29 is 9.59 Å². The molecule has 18 heavy (non-hydrogen) atoms. The van der Waals surface area contributed by atoms with Crippen molar-refractivity contribution in [3.63, 3.8) is 0 Å². The summed E-state index contributed by atoms with van der Waals surface area (Å²) in [5.41, 5.74) is 1.32. The van der Waals surface area contributed by atoms with Gasteiger partial charge in [-0.3, -0.25) is 9.59 Å². The molecule has 0 N–H and O–H groups in total. The van der Waals surface area contributed by atoms with Crippen molar-refractivity contribution in [3.05, 3.63) is 29.6 Å². The van der Waals surface area contributed by atoms with Gasteiger partial charge in [-0.05, 0) is 31.9 Å². The minimum atomic E-state index is -0.0574. The van der Waals surface area contributed by atoms with Crippen LogP contribution in [0, 0.1) is 6.92 Å². The van der Waals surface area contributed by atoms with Gasteiger partial charge in [0.2, 0.25) is 0 Å². The molecule has 1 fully saturated rings. The van der Waals surface area contributed by atoms with Crippen LogP contribution in [0.1, 0.15) is 41.9 Å². The zero-order valence-corrected chi connectivity index (χ0v) is 10.8. The molecule has 4 heteroatoms. The predicted octanol–water partition coefficient (Wildman–Crippen LogP) is 1.97. The average molecular weight is 246 g/mol. The van der Waals surface area contributed by atoms with Crippen molar-refractivity contribution in [2.45, 2.75) is 38.6 Å². The van der Waals surface area contributed by atoms with Gasteiger partial charge in [0.15, 0.2) is 0 Å². The van der Waals surface area contributed by atoms with E-state index >= 15 is 0 Å². The molecule has 0 unspecified atom stereocenters. The molecule has 1 saturated carbocycles. The molecule has 1 heterocycles. The molecule has 0 bridgehead atoms. The van der Waals surface area contributed by atoms with Crippen molar-refractivity contribution in [2.24, 2.45) is 0 Å². The molecule has 0 saturated heterocycles. The first-order valence-electron chi connectivity index (χ1n) is 6.30. The van der Waals surface area contributed by atoms with Crippen LogP contribution in [-0.2, 0) is 4.79 Å². The maximum absolute atomic E-state index is 12.3. The Hall–Kier alpha value is -1.71. The third-order valence-electron chi connectivity index (χ3n) is 3.49. The van der Waals surface area contributed by atoms with Crippen molar-refractivity contribution in [1.82, 2.24) is 9.88 Å². The first-order valence-corrected chi connectivity index (χ1v) is 6.30. The number of carbonyl (C=O) groups is 2. The molecule has 0 spiro atoms. The van der Waals surface area contributed by atoms with Gasteiger partial charge >= 0.3 is 0 Å². The summed E-state index contributed by atoms with van der Waals surface area (Å²) in [6, 6.07) is 5.61. The number of pyridine rings is 1. The first kappa shape index (κ1) is 12.7. The van der Waals surface area contributed by atoms with Gasteiger partial charge in [-0.2, -0.15) is 0 Å². The number of aryl methyl sites for hydroxylation is 1. The second kappa shape index (κ2) is 5.29. The Morgan fingerprint density at radius 3 is 2.61 bits per heavy atom. The fourth-order valence-electron chi connectivity index (χ4n) is 2.32. The number of hydrogen-bond acceptors (Lipinski definition) is 3. The third-order valence-corrected chi connectivity index (χ3v) is 3.49. The van der Waals surface area contributed by atoms with E-state index in [1.807, 2.05) is 19.1 Å². The van der Waals surface area contributed by atoms with Crippen molar-refractivity contribution >= 4 is 11.7 Å². The van der Waals surface area contributed by atoms with Gasteiger partial charge in [0, 0.05) is 31.6 Å². The Kier molecular flexibility index (Phi) is 3.75. The monoisotopic (exact) mass is 246 g/mol. The zero-order valence-electron chi connectivity index (χ0n) is 10.8. The maximum Gasteiger partial charge on any atom is 0.272 e. The first-order chi connectivity index (χ1) is 8.58. The third kappa shape index (κ3) is 2.75. The lowest BCUT2D eigenvalue weighted by molar-refractivity contribution is -0.121. The highest BCUT2D eigenvalue weighted by Crippen LogP contribution is 2.20. The highest BCUT2D eigenvalue weighted by Gasteiger charge is 2.26. The lowest BCUT2D eigenvalue weighted by Gasteiger charge is -2.30. The lowest BCUT2D eigenvalue weighted by Crippen LogP contribution is -2.39. The van der Waals surface area contributed by atoms with Gasteiger partial charge in [-0.1, -0.05) is 6.07 Å². The van der Waals surface area contributed by atoms with Crippen LogP contribution in [-0.4, -0.2) is 34.7 Å². The Morgan fingerprint density at radius 1 is 1.33 bits per heavy atom. The van der Waals surface area contributed by atoms with E-state index in [0.717, 1.165) is 18.5 Å². The fraction of sp³-hybridized carbons (Fsp3) is 0.500. The molecular weight excluding hydrogens is 228 g/mol. The standard InChI is InChI=1S/C14H18N2O2/c1-10-4-3-5-13(15-10)14(18)16(2)11-6-8-12(17)9-7-11/h3-5,11H,6-9H2,1-2H3. The summed E-state index contributed by atoms with van der Waals surface area (Å²) < 4.78 is 0. The predicted molar refractivity (Wildman–Crippen MR) is 68.3 cm³/mol. The van der Waals surface area contributed by atoms with Crippen LogP contribution in [0.4, 0.5) is 0 Å². The second-order valence-electron chi connectivity index (χ2n) is 4.85. The number of hydrogen-bond donors (Lipinski definition) is 0. The smallest absolute Gasteiger partial charge is 0.272 e. The number of Topliss-reactive ketones (excluding diaryl/α,β-unsaturated/α-hetero) is 1. The van der Waals surface area contributed by atoms with E-state index in [0.29, 0.717) is 24.3 Å². The summed E-state index contributed by atoms with van der Waals surface area (Å²) in [5.74, 6) is 0.249. The number of carbonyl (C=O) groups excluding carboxylic acids is 2. The van der Waals surface area contributed by atoms with Crippen LogP contribution in [0.5, 0.6) is 0 Å². The van der Waals surface area contributed by atoms with E-state index in [-0.39, 0.29) is 11.9 Å². The molecular formula is C14H18N2O2. The van der Waals surface area contributed by atoms with Crippen LogP contribution in [0.25, 0.3) is 0 Å². The minimum Gasteiger partial charge on any atom is -0.337 e. The summed E-state index contributed by atoms with van der Waals surface area (Å²) in [4.78, 5) is 29.4. The number of amides is 1. The number of rotatable bonds is 2. The molecule has 2 rings (SSSR count). The quantitative estimate of drug-likeness (QED) is 0.801. The van der Waals surface area contributed by atoms with Gasteiger partial charge in [-0.15, -0.1) is 0 Å². The highest BCUT2D eigenvalue weighted by molar-refractivity contribution is 5.92. The topological polar surface area (TPSA) is 50.3 Å². The summed E-state index contributed by atoms with van der Waals surface area (Å²) >= 11 is 0. The Balaban J connectivity index is 2.07. The SMILES string of the molecule is Cc1cccc(C(=O)N(C)C2CCC(=O)CC2)n1. The molecule has 1 amide bonds. The summed E-state index contributed by atoms with van der Waals surface area (Å²) in [5, 5.41) is 0. The molecule has 1 aromatic heterocycles. The number of nitrogens with zero attached hydrogens (tertiary/aromatic N) is 2. The molecule has 0 aromatic carbocycles. The van der Waals surface area contributed by atoms with Crippen LogP contribution in [0.15, 0.2) is 18.2 Å². The second-order valence-corrected chi connectivity index (χ2v) is 4.85. The minimum absolute atomic E-state index is 0.0574. The zero-order chi connectivity index (χ0) is 13.1. The van der Waals surface area contributed by atoms with Crippen molar-refractivity contribution in [2.75, 3.05) is 7.05 Å². The van der Waals surface area contributed by atoms with Crippen LogP contribution >= 0.6 is 0 Å². The van der Waals surface area contributed by atoms with E-state index in [1.165, 1.54) is 0 Å². The summed E-state index contributed by atoms with van der Waals surface area (Å²) in [6.45, 7) is 1.87. The van der Waals surface area contributed by atoms with E-state index in [9.17, 15) is 9.59 Å². The highest BCUT2D eigenvalue weighted by atomic mass is 16.2. The summed E-state index contributed by atoms with van der Waals surface area (Å²) in [7, 11) is 1.80. The number of aromatic nitrogens is 1. The molecule has 0 atom stereocenters. The molecule has 0 radical (unpaired) electrons. The Labute approximate surface area is 107 Å².